The van der Waals surface area contributed by atoms with Crippen LogP contribution in [-0.2, 0) is 16.1 Å². The number of nitrogens with zero attached hydrogens (tertiary/aromatic N) is 2. The molecule has 2 aliphatic heterocycles. The Labute approximate surface area is 192 Å². The lowest BCUT2D eigenvalue weighted by molar-refractivity contribution is -0.139. The van der Waals surface area contributed by atoms with E-state index in [0.717, 1.165) is 16.3 Å². The number of hydrogen-bond acceptors (Lipinski definition) is 7. The number of allylic oxidation sites excluding steroid dienone is 1. The first-order chi connectivity index (χ1) is 15.6. The summed E-state index contributed by atoms with van der Waals surface area (Å²) in [5.74, 6) is 0.945. The Bertz CT molecular complexity index is 1080. The Hall–Kier alpha value is -3.19. The molecule has 1 atom stereocenters. The van der Waals surface area contributed by atoms with Gasteiger partial charge in [-0.05, 0) is 49.4 Å². The van der Waals surface area contributed by atoms with Gasteiger partial charge in [0.15, 0.2) is 16.7 Å². The first-order valence-electron chi connectivity index (χ1n) is 10.6. The van der Waals surface area contributed by atoms with Crippen molar-refractivity contribution in [3.8, 4) is 11.5 Å². The van der Waals surface area contributed by atoms with Crippen molar-refractivity contribution in [1.29, 1.82) is 0 Å². The van der Waals surface area contributed by atoms with E-state index in [4.69, 9.17) is 14.2 Å². The van der Waals surface area contributed by atoms with Crippen LogP contribution in [0.2, 0.25) is 0 Å². The zero-order valence-electron chi connectivity index (χ0n) is 18.4. The highest BCUT2D eigenvalue weighted by Gasteiger charge is 2.37. The summed E-state index contributed by atoms with van der Waals surface area (Å²) in [5.41, 5.74) is 3.18. The van der Waals surface area contributed by atoms with Crippen LogP contribution in [0.4, 0.5) is 0 Å². The SMILES string of the molecule is CCOC(=O)C1=C(C)N=C2SC=CN2[C@@H]1c1ccc(OCc2ccccc2)c(OCC)c1. The third kappa shape index (κ3) is 4.53. The van der Waals surface area contributed by atoms with Crippen molar-refractivity contribution in [2.45, 2.75) is 33.4 Å². The van der Waals surface area contributed by atoms with Crippen LogP contribution < -0.4 is 9.47 Å². The predicted molar refractivity (Wildman–Crippen MR) is 126 cm³/mol. The van der Waals surface area contributed by atoms with Crippen LogP contribution in [0.25, 0.3) is 0 Å². The van der Waals surface area contributed by atoms with Gasteiger partial charge in [-0.3, -0.25) is 0 Å². The van der Waals surface area contributed by atoms with Gasteiger partial charge in [-0.25, -0.2) is 9.79 Å². The Morgan fingerprint density at radius 2 is 1.88 bits per heavy atom. The fraction of sp³-hybridized carbons (Fsp3) is 0.280. The number of carbonyl (C=O) groups is 1. The Kier molecular flexibility index (Phi) is 6.85. The number of aliphatic imine (C=N–C) groups is 1. The lowest BCUT2D eigenvalue weighted by Crippen LogP contribution is -2.34. The van der Waals surface area contributed by atoms with Crippen molar-refractivity contribution in [3.63, 3.8) is 0 Å². The number of amidine groups is 1. The number of ether oxygens (including phenoxy) is 3. The zero-order chi connectivity index (χ0) is 22.5. The van der Waals surface area contributed by atoms with Gasteiger partial charge in [0, 0.05) is 6.20 Å². The van der Waals surface area contributed by atoms with Crippen LogP contribution >= 0.6 is 11.8 Å². The average molecular weight is 451 g/mol. The topological polar surface area (TPSA) is 60.4 Å². The third-order valence-electron chi connectivity index (χ3n) is 5.14. The lowest BCUT2D eigenvalue weighted by atomic mass is 9.94. The third-order valence-corrected chi connectivity index (χ3v) is 5.91. The Morgan fingerprint density at radius 1 is 1.06 bits per heavy atom. The molecule has 2 aromatic rings. The summed E-state index contributed by atoms with van der Waals surface area (Å²) in [6, 6.07) is 15.5. The second-order valence-electron chi connectivity index (χ2n) is 7.24. The molecule has 0 saturated heterocycles. The van der Waals surface area contributed by atoms with Crippen LogP contribution in [0.15, 0.2) is 76.4 Å². The molecule has 7 heteroatoms. The summed E-state index contributed by atoms with van der Waals surface area (Å²) in [6.45, 7) is 6.84. The number of benzene rings is 2. The molecule has 166 valence electrons. The molecule has 2 heterocycles. The van der Waals surface area contributed by atoms with Crippen LogP contribution in [0.5, 0.6) is 11.5 Å². The largest absolute Gasteiger partial charge is 0.490 e. The number of hydrogen-bond donors (Lipinski definition) is 0. The van der Waals surface area contributed by atoms with Crippen LogP contribution in [0.3, 0.4) is 0 Å². The summed E-state index contributed by atoms with van der Waals surface area (Å²) >= 11 is 1.53. The molecule has 0 saturated carbocycles. The van der Waals surface area contributed by atoms with Crippen molar-refractivity contribution in [2.24, 2.45) is 4.99 Å². The molecule has 32 heavy (non-hydrogen) atoms. The molecule has 0 spiro atoms. The number of fused-ring (bicyclic) bond motifs is 1. The fourth-order valence-electron chi connectivity index (χ4n) is 3.72. The summed E-state index contributed by atoms with van der Waals surface area (Å²) < 4.78 is 17.3. The monoisotopic (exact) mass is 450 g/mol. The summed E-state index contributed by atoms with van der Waals surface area (Å²) in [7, 11) is 0. The molecular weight excluding hydrogens is 424 g/mol. The van der Waals surface area contributed by atoms with Gasteiger partial charge in [0.2, 0.25) is 0 Å². The van der Waals surface area contributed by atoms with Gasteiger partial charge in [0.05, 0.1) is 30.5 Å². The lowest BCUT2D eigenvalue weighted by Gasteiger charge is -2.33. The molecule has 0 bridgehead atoms. The van der Waals surface area contributed by atoms with Crippen molar-refractivity contribution >= 4 is 22.9 Å². The molecule has 6 nitrogen and oxygen atoms in total. The van der Waals surface area contributed by atoms with Gasteiger partial charge in [0.25, 0.3) is 0 Å². The van der Waals surface area contributed by atoms with E-state index >= 15 is 0 Å². The standard InChI is InChI=1S/C25H26N2O4S/c1-4-29-21-15-19(11-12-20(21)31-16-18-9-7-6-8-10-18)23-22(24(28)30-5-2)17(3)26-25-27(23)13-14-32-25/h6-15,23H,4-5,16H2,1-3H3/t23-/m1/s1. The maximum atomic E-state index is 12.9. The molecule has 4 rings (SSSR count). The molecule has 0 aromatic heterocycles. The molecule has 0 radical (unpaired) electrons. The second kappa shape index (κ2) is 9.96. The zero-order valence-corrected chi connectivity index (χ0v) is 19.2. The van der Waals surface area contributed by atoms with E-state index in [1.54, 1.807) is 6.92 Å². The summed E-state index contributed by atoms with van der Waals surface area (Å²) in [5, 5.41) is 2.80. The number of esters is 1. The highest BCUT2D eigenvalue weighted by molar-refractivity contribution is 8.16. The van der Waals surface area contributed by atoms with Crippen molar-refractivity contribution in [1.82, 2.24) is 4.90 Å². The molecule has 0 aliphatic carbocycles. The maximum absolute atomic E-state index is 12.9. The minimum Gasteiger partial charge on any atom is -0.490 e. The van der Waals surface area contributed by atoms with Crippen LogP contribution in [0.1, 0.15) is 37.9 Å². The Balaban J connectivity index is 1.69. The highest BCUT2D eigenvalue weighted by atomic mass is 32.2. The molecule has 0 unspecified atom stereocenters. The van der Waals surface area contributed by atoms with E-state index in [1.165, 1.54) is 11.8 Å². The van der Waals surface area contributed by atoms with Crippen molar-refractivity contribution < 1.29 is 19.0 Å². The highest BCUT2D eigenvalue weighted by Crippen LogP contribution is 2.43. The molecule has 0 N–H and O–H groups in total. The van der Waals surface area contributed by atoms with Gasteiger partial charge in [-0.2, -0.15) is 0 Å². The van der Waals surface area contributed by atoms with Crippen LogP contribution in [0, 0.1) is 0 Å². The van der Waals surface area contributed by atoms with Crippen molar-refractivity contribution in [3.05, 3.63) is 82.5 Å². The minimum absolute atomic E-state index is 0.306. The van der Waals surface area contributed by atoms with Gasteiger partial charge in [0.1, 0.15) is 6.61 Å². The van der Waals surface area contributed by atoms with E-state index < -0.39 is 0 Å². The first kappa shape index (κ1) is 22.0. The van der Waals surface area contributed by atoms with E-state index in [-0.39, 0.29) is 12.0 Å². The first-order valence-corrected chi connectivity index (χ1v) is 11.5. The molecule has 2 aromatic carbocycles. The maximum Gasteiger partial charge on any atom is 0.338 e. The van der Waals surface area contributed by atoms with Gasteiger partial charge in [-0.15, -0.1) is 0 Å². The minimum atomic E-state index is -0.356. The van der Waals surface area contributed by atoms with Crippen molar-refractivity contribution in [2.75, 3.05) is 13.2 Å². The molecule has 2 aliphatic rings. The number of rotatable bonds is 8. The molecule has 0 fully saturated rings. The quantitative estimate of drug-likeness (QED) is 0.500. The van der Waals surface area contributed by atoms with E-state index in [1.807, 2.05) is 78.9 Å². The van der Waals surface area contributed by atoms with E-state index in [0.29, 0.717) is 42.6 Å². The Morgan fingerprint density at radius 3 is 2.62 bits per heavy atom. The van der Waals surface area contributed by atoms with Gasteiger partial charge in [-0.1, -0.05) is 48.2 Å². The van der Waals surface area contributed by atoms with Gasteiger partial charge < -0.3 is 19.1 Å². The second-order valence-corrected chi connectivity index (χ2v) is 8.11. The smallest absolute Gasteiger partial charge is 0.338 e. The van der Waals surface area contributed by atoms with E-state index in [9.17, 15) is 4.79 Å². The molecule has 0 amide bonds. The fourth-order valence-corrected chi connectivity index (χ4v) is 4.51. The average Bonchev–Trinajstić information content (AvgIpc) is 3.26. The normalized spacial score (nSPS) is 17.2. The number of carbonyl (C=O) groups excluding carboxylic acids is 1. The van der Waals surface area contributed by atoms with Gasteiger partial charge >= 0.3 is 5.97 Å². The number of thioether (sulfide) groups is 1. The van der Waals surface area contributed by atoms with E-state index in [2.05, 4.69) is 4.99 Å². The molecular formula is C25H26N2O4S. The van der Waals surface area contributed by atoms with Crippen LogP contribution in [-0.4, -0.2) is 29.3 Å². The summed E-state index contributed by atoms with van der Waals surface area (Å²) in [6.07, 6.45) is 1.94. The summed E-state index contributed by atoms with van der Waals surface area (Å²) in [4.78, 5) is 19.5. The predicted octanol–water partition coefficient (Wildman–Crippen LogP) is 5.43.